The van der Waals surface area contributed by atoms with Crippen LogP contribution in [0.5, 0.6) is 0 Å². The van der Waals surface area contributed by atoms with Gasteiger partial charge in [-0.2, -0.15) is 0 Å². The van der Waals surface area contributed by atoms with Gasteiger partial charge < -0.3 is 9.47 Å². The number of fused-ring (bicyclic) bond motifs is 2. The first-order valence-corrected chi connectivity index (χ1v) is 18.9. The van der Waals surface area contributed by atoms with Gasteiger partial charge in [0.05, 0.1) is 22.4 Å². The number of rotatable bonds is 15. The van der Waals surface area contributed by atoms with Gasteiger partial charge in [-0.05, 0) is 101 Å². The van der Waals surface area contributed by atoms with Crippen LogP contribution in [0.1, 0.15) is 142 Å². The normalized spacial score (nSPS) is 23.0. The van der Waals surface area contributed by atoms with Gasteiger partial charge in [0.2, 0.25) is 5.91 Å². The number of hydrogen-bond donors (Lipinski definition) is 0. The maximum Gasteiger partial charge on any atom is 0.237 e. The SMILES string of the molecule is C=CC1=c2c(ncn2C(C)C)=CC(c2ccc3c(c2)N(C2CC(C#CCCCCCC)C2)C(=O)C3(CC/C=C/C(C)=O)CCCC)C=C1C. The van der Waals surface area contributed by atoms with E-state index in [0.29, 0.717) is 18.8 Å². The highest BCUT2D eigenvalue weighted by Crippen LogP contribution is 2.52. The highest BCUT2D eigenvalue weighted by Gasteiger charge is 2.53. The number of carbonyl (C=O) groups excluding carboxylic acids is 2. The highest BCUT2D eigenvalue weighted by atomic mass is 16.2. The number of benzene rings is 1. The average Bonchev–Trinajstić information content (AvgIpc) is 3.52. The van der Waals surface area contributed by atoms with Crippen molar-refractivity contribution in [3.05, 3.63) is 82.8 Å². The van der Waals surface area contributed by atoms with E-state index in [0.717, 1.165) is 71.6 Å². The maximum atomic E-state index is 14.9. The predicted molar refractivity (Wildman–Crippen MR) is 204 cm³/mol. The number of nitrogens with zero attached hydrogens (tertiary/aromatic N) is 3. The number of amides is 1. The number of aromatic nitrogens is 2. The fraction of sp³-hybridized carbons (Fsp3) is 0.523. The molecule has 1 saturated carbocycles. The van der Waals surface area contributed by atoms with Crippen molar-refractivity contribution in [3.8, 4) is 11.8 Å². The molecule has 2 aliphatic carbocycles. The Morgan fingerprint density at radius 2 is 1.88 bits per heavy atom. The molecular weight excluding hydrogens is 603 g/mol. The van der Waals surface area contributed by atoms with Crippen LogP contribution in [0.4, 0.5) is 5.69 Å². The lowest BCUT2D eigenvalue weighted by atomic mass is 9.73. The van der Waals surface area contributed by atoms with Crippen LogP contribution in [0.25, 0.3) is 11.6 Å². The lowest BCUT2D eigenvalue weighted by Gasteiger charge is -2.40. The minimum atomic E-state index is -0.590. The summed E-state index contributed by atoms with van der Waals surface area (Å²) >= 11 is 0. The molecule has 1 aliphatic heterocycles. The van der Waals surface area contributed by atoms with Gasteiger partial charge in [-0.15, -0.1) is 5.92 Å². The predicted octanol–water partition coefficient (Wildman–Crippen LogP) is 8.78. The van der Waals surface area contributed by atoms with E-state index in [1.807, 2.05) is 18.5 Å². The Bertz CT molecular complexity index is 1790. The van der Waals surface area contributed by atoms with Gasteiger partial charge in [0.15, 0.2) is 5.78 Å². The molecule has 1 aromatic carbocycles. The molecule has 49 heavy (non-hydrogen) atoms. The van der Waals surface area contributed by atoms with Crippen LogP contribution in [0, 0.1) is 17.8 Å². The van der Waals surface area contributed by atoms with Gasteiger partial charge in [-0.3, -0.25) is 9.59 Å². The Labute approximate surface area is 295 Å². The highest BCUT2D eigenvalue weighted by molar-refractivity contribution is 6.09. The Morgan fingerprint density at radius 1 is 1.10 bits per heavy atom. The minimum absolute atomic E-state index is 0.00539. The number of allylic oxidation sites excluding steroid dienone is 5. The van der Waals surface area contributed by atoms with Crippen LogP contribution in [-0.2, 0) is 15.0 Å². The molecule has 0 bridgehead atoms. The van der Waals surface area contributed by atoms with Crippen molar-refractivity contribution in [2.75, 3.05) is 4.90 Å². The van der Waals surface area contributed by atoms with Gasteiger partial charge in [0.1, 0.15) is 0 Å². The molecule has 5 heteroatoms. The van der Waals surface area contributed by atoms with Crippen molar-refractivity contribution in [3.63, 3.8) is 0 Å². The average molecular weight is 660 g/mol. The molecule has 2 aromatic rings. The van der Waals surface area contributed by atoms with Crippen molar-refractivity contribution in [2.24, 2.45) is 5.92 Å². The number of hydrogen-bond acceptors (Lipinski definition) is 3. The number of anilines is 1. The zero-order valence-corrected chi connectivity index (χ0v) is 30.9. The Morgan fingerprint density at radius 3 is 2.57 bits per heavy atom. The largest absolute Gasteiger partial charge is 0.328 e. The Balaban J connectivity index is 1.53. The van der Waals surface area contributed by atoms with E-state index in [2.05, 4.69) is 92.9 Å². The van der Waals surface area contributed by atoms with Crippen LogP contribution >= 0.6 is 0 Å². The third-order valence-electron chi connectivity index (χ3n) is 10.8. The number of imidazole rings is 1. The summed E-state index contributed by atoms with van der Waals surface area (Å²) in [5, 5.41) is 2.09. The Hall–Kier alpha value is -3.91. The Kier molecular flexibility index (Phi) is 12.0. The molecule has 1 fully saturated rings. The summed E-state index contributed by atoms with van der Waals surface area (Å²) in [6, 6.07) is 7.20. The van der Waals surface area contributed by atoms with Crippen LogP contribution in [-0.4, -0.2) is 27.3 Å². The lowest BCUT2D eigenvalue weighted by molar-refractivity contribution is -0.124. The number of carbonyl (C=O) groups is 2. The quantitative estimate of drug-likeness (QED) is 0.109. The minimum Gasteiger partial charge on any atom is -0.328 e. The molecule has 0 radical (unpaired) electrons. The summed E-state index contributed by atoms with van der Waals surface area (Å²) < 4.78 is 2.23. The first kappa shape index (κ1) is 36.4. The van der Waals surface area contributed by atoms with Crippen LogP contribution in [0.15, 0.2) is 61.0 Å². The molecule has 0 saturated heterocycles. The third-order valence-corrected chi connectivity index (χ3v) is 10.8. The monoisotopic (exact) mass is 659 g/mol. The molecule has 2 atom stereocenters. The summed E-state index contributed by atoms with van der Waals surface area (Å²) in [5.74, 6) is 7.62. The zero-order valence-electron chi connectivity index (χ0n) is 30.9. The zero-order chi connectivity index (χ0) is 35.1. The summed E-state index contributed by atoms with van der Waals surface area (Å²) in [7, 11) is 0. The van der Waals surface area contributed by atoms with E-state index >= 15 is 0 Å². The van der Waals surface area contributed by atoms with Crippen molar-refractivity contribution >= 4 is 29.0 Å². The fourth-order valence-corrected chi connectivity index (χ4v) is 8.00. The van der Waals surface area contributed by atoms with Crippen molar-refractivity contribution in [2.45, 2.75) is 142 Å². The number of ketones is 1. The van der Waals surface area contributed by atoms with E-state index in [4.69, 9.17) is 4.98 Å². The second-order valence-electron chi connectivity index (χ2n) is 14.8. The third kappa shape index (κ3) is 7.64. The van der Waals surface area contributed by atoms with E-state index in [-0.39, 0.29) is 29.7 Å². The van der Waals surface area contributed by atoms with Crippen molar-refractivity contribution in [1.82, 2.24) is 9.55 Å². The summed E-state index contributed by atoms with van der Waals surface area (Å²) in [4.78, 5) is 33.6. The van der Waals surface area contributed by atoms with Crippen LogP contribution in [0.2, 0.25) is 0 Å². The van der Waals surface area contributed by atoms with Crippen LogP contribution < -0.4 is 15.6 Å². The molecule has 3 aliphatic rings. The lowest BCUT2D eigenvalue weighted by Crippen LogP contribution is -2.50. The van der Waals surface area contributed by atoms with Gasteiger partial charge in [0.25, 0.3) is 0 Å². The molecule has 0 N–H and O–H groups in total. The standard InChI is InChI=1S/C44H57N3O2/c1-8-11-13-14-15-16-20-34-26-37(27-34)47-41-29-35(36-25-32(6)38(10-3)42-40(28-36)45-30-46(42)31(4)5)21-22-39(41)44(43(47)49,23-12-9-2)24-18-17-19-33(7)48/h10,17,19,21-22,25,28-31,34,36-37H,3,8-9,11-15,18,23-24,26-27H2,1-2,4-7H3/b19-17+. The number of unbranched alkanes of at least 4 members (excludes halogenated alkanes) is 5. The second kappa shape index (κ2) is 16.2. The molecule has 1 aromatic heterocycles. The molecule has 2 unspecified atom stereocenters. The van der Waals surface area contributed by atoms with E-state index < -0.39 is 5.41 Å². The summed E-state index contributed by atoms with van der Waals surface area (Å²) in [6.45, 7) is 16.7. The topological polar surface area (TPSA) is 55.2 Å². The van der Waals surface area contributed by atoms with Gasteiger partial charge in [-0.1, -0.05) is 88.8 Å². The van der Waals surface area contributed by atoms with Gasteiger partial charge in [0, 0.05) is 41.6 Å². The molecule has 1 amide bonds. The van der Waals surface area contributed by atoms with Gasteiger partial charge >= 0.3 is 0 Å². The van der Waals surface area contributed by atoms with E-state index in [1.54, 1.807) is 13.0 Å². The van der Waals surface area contributed by atoms with Crippen molar-refractivity contribution in [1.29, 1.82) is 0 Å². The van der Waals surface area contributed by atoms with E-state index in [9.17, 15) is 9.59 Å². The first-order chi connectivity index (χ1) is 23.6. The van der Waals surface area contributed by atoms with Crippen LogP contribution in [0.3, 0.4) is 0 Å². The van der Waals surface area contributed by atoms with Gasteiger partial charge in [-0.25, -0.2) is 4.98 Å². The molecule has 260 valence electrons. The molecule has 2 heterocycles. The van der Waals surface area contributed by atoms with Crippen molar-refractivity contribution < 1.29 is 9.59 Å². The first-order valence-electron chi connectivity index (χ1n) is 18.9. The second-order valence-corrected chi connectivity index (χ2v) is 14.8. The summed E-state index contributed by atoms with van der Waals surface area (Å²) in [5.41, 5.74) is 5.07. The molecule has 0 spiro atoms. The maximum absolute atomic E-state index is 14.9. The smallest absolute Gasteiger partial charge is 0.237 e. The molecule has 5 rings (SSSR count). The molecule has 5 nitrogen and oxygen atoms in total. The van der Waals surface area contributed by atoms with E-state index in [1.165, 1.54) is 31.3 Å². The molecular formula is C44H57N3O2. The summed E-state index contributed by atoms with van der Waals surface area (Å²) in [6.07, 6.45) is 24.1. The fourth-order valence-electron chi connectivity index (χ4n) is 8.00.